The van der Waals surface area contributed by atoms with Crippen LogP contribution >= 0.6 is 50.5 Å². The van der Waals surface area contributed by atoms with Crippen molar-refractivity contribution >= 4 is 60.5 Å². The highest BCUT2D eigenvalue weighted by Crippen LogP contribution is 2.36. The van der Waals surface area contributed by atoms with Gasteiger partial charge in [-0.3, -0.25) is 0 Å². The van der Waals surface area contributed by atoms with Crippen LogP contribution in [0.15, 0.2) is 14.1 Å². The van der Waals surface area contributed by atoms with Crippen molar-refractivity contribution in [3.63, 3.8) is 0 Å². The molecule has 1 atom stereocenters. The molecule has 0 saturated carbocycles. The molecule has 0 N–H and O–H groups in total. The molecule has 1 saturated heterocycles. The summed E-state index contributed by atoms with van der Waals surface area (Å²) in [4.78, 5) is 0. The topological polar surface area (TPSA) is 46.6 Å². The molecule has 1 aliphatic heterocycles. The third-order valence-electron chi connectivity index (χ3n) is 2.49. The fourth-order valence-electron chi connectivity index (χ4n) is 1.59. The fourth-order valence-corrected chi connectivity index (χ4v) is 5.78. The summed E-state index contributed by atoms with van der Waals surface area (Å²) in [5, 5.41) is 0.403. The lowest BCUT2D eigenvalue weighted by Gasteiger charge is -2.30. The number of hydrogen-bond donors (Lipinski definition) is 0. The minimum Gasteiger partial charge on any atom is -0.374 e. The van der Waals surface area contributed by atoms with E-state index in [1.165, 1.54) is 10.4 Å². The number of nitrogens with zero attached hydrogens (tertiary/aromatic N) is 1. The molecule has 1 fully saturated rings. The smallest absolute Gasteiger partial charge is 0.252 e. The van der Waals surface area contributed by atoms with Crippen LogP contribution in [0.4, 0.5) is 0 Å². The molecule has 1 unspecified atom stereocenters. The molecule has 9 heteroatoms. The first-order valence-corrected chi connectivity index (χ1v) is 9.04. The Morgan fingerprint density at radius 3 is 2.89 bits per heavy atom. The van der Waals surface area contributed by atoms with Crippen molar-refractivity contribution in [1.29, 1.82) is 0 Å². The van der Waals surface area contributed by atoms with Crippen LogP contribution in [0.5, 0.6) is 0 Å². The van der Waals surface area contributed by atoms with Crippen molar-refractivity contribution in [2.24, 2.45) is 0 Å². The summed E-state index contributed by atoms with van der Waals surface area (Å²) in [5.74, 6) is 0.279. The first kappa shape index (κ1) is 15.0. The number of ether oxygens (including phenoxy) is 1. The average molecular weight is 395 g/mol. The number of sulfonamides is 1. The summed E-state index contributed by atoms with van der Waals surface area (Å²) >= 11 is 15.9. The minimum atomic E-state index is -3.51. The molecule has 4 nitrogen and oxygen atoms in total. The quantitative estimate of drug-likeness (QED) is 0.740. The summed E-state index contributed by atoms with van der Waals surface area (Å²) in [6.45, 7) is 0.971. The zero-order valence-electron chi connectivity index (χ0n) is 9.11. The first-order valence-electron chi connectivity index (χ1n) is 5.07. The third-order valence-corrected chi connectivity index (χ3v) is 7.62. The van der Waals surface area contributed by atoms with Gasteiger partial charge in [0.25, 0.3) is 10.0 Å². The Bertz CT molecular complexity index is 514. The number of alkyl halides is 1. The lowest BCUT2D eigenvalue weighted by atomic mass is 10.3. The average Bonchev–Trinajstić information content (AvgIpc) is 2.70. The van der Waals surface area contributed by atoms with Gasteiger partial charge < -0.3 is 4.74 Å². The van der Waals surface area contributed by atoms with E-state index in [-0.39, 0.29) is 22.7 Å². The monoisotopic (exact) mass is 393 g/mol. The van der Waals surface area contributed by atoms with Gasteiger partial charge in [0.15, 0.2) is 0 Å². The van der Waals surface area contributed by atoms with Gasteiger partial charge in [0.1, 0.15) is 4.21 Å². The SMILES string of the molecule is O=S(=O)(c1cc(Cl)c(Br)s1)N1CCOC(CCl)C1. The van der Waals surface area contributed by atoms with Crippen molar-refractivity contribution in [2.75, 3.05) is 25.6 Å². The van der Waals surface area contributed by atoms with E-state index < -0.39 is 10.0 Å². The summed E-state index contributed by atoms with van der Waals surface area (Å²) in [6.07, 6.45) is -0.255. The van der Waals surface area contributed by atoms with Crippen LogP contribution in [0.1, 0.15) is 0 Å². The maximum atomic E-state index is 12.4. The summed E-state index contributed by atoms with van der Waals surface area (Å²) < 4.78 is 32.3. The van der Waals surface area contributed by atoms with Crippen LogP contribution in [-0.4, -0.2) is 44.4 Å². The van der Waals surface area contributed by atoms with Gasteiger partial charge in [0.05, 0.1) is 21.5 Å². The molecular weight excluding hydrogens is 385 g/mol. The predicted molar refractivity (Wildman–Crippen MR) is 76.2 cm³/mol. The highest BCUT2D eigenvalue weighted by Gasteiger charge is 2.32. The zero-order valence-corrected chi connectivity index (χ0v) is 13.8. The van der Waals surface area contributed by atoms with Crippen LogP contribution in [0, 0.1) is 0 Å². The Balaban J connectivity index is 2.25. The number of thiophene rings is 1. The van der Waals surface area contributed by atoms with Crippen LogP contribution in [0.25, 0.3) is 0 Å². The van der Waals surface area contributed by atoms with Crippen LogP contribution in [0.2, 0.25) is 5.02 Å². The number of hydrogen-bond acceptors (Lipinski definition) is 4. The third kappa shape index (κ3) is 3.03. The highest BCUT2D eigenvalue weighted by atomic mass is 79.9. The molecule has 1 aromatic rings. The van der Waals surface area contributed by atoms with Crippen molar-refractivity contribution in [3.05, 3.63) is 14.9 Å². The van der Waals surface area contributed by atoms with Gasteiger partial charge in [-0.15, -0.1) is 22.9 Å². The van der Waals surface area contributed by atoms with E-state index >= 15 is 0 Å². The largest absolute Gasteiger partial charge is 0.374 e. The Morgan fingerprint density at radius 2 is 2.33 bits per heavy atom. The molecule has 1 aromatic heterocycles. The van der Waals surface area contributed by atoms with Crippen molar-refractivity contribution in [1.82, 2.24) is 4.31 Å². The van der Waals surface area contributed by atoms with Gasteiger partial charge in [-0.1, -0.05) is 11.6 Å². The summed E-state index contributed by atoms with van der Waals surface area (Å²) in [7, 11) is -3.51. The second kappa shape index (κ2) is 5.95. The van der Waals surface area contributed by atoms with E-state index in [0.29, 0.717) is 22.0 Å². The molecule has 0 aromatic carbocycles. The molecule has 0 aliphatic carbocycles. The lowest BCUT2D eigenvalue weighted by molar-refractivity contribution is 0.0123. The van der Waals surface area contributed by atoms with E-state index in [0.717, 1.165) is 11.3 Å². The molecule has 0 bridgehead atoms. The second-order valence-corrected chi connectivity index (χ2v) is 8.95. The Kier molecular flexibility index (Phi) is 4.97. The molecule has 1 aliphatic rings. The lowest BCUT2D eigenvalue weighted by Crippen LogP contribution is -2.45. The Hall–Kier alpha value is 0.630. The van der Waals surface area contributed by atoms with Crippen molar-refractivity contribution in [2.45, 2.75) is 10.3 Å². The van der Waals surface area contributed by atoms with Gasteiger partial charge in [-0.05, 0) is 22.0 Å². The standard InChI is InChI=1S/C9H10BrCl2NO3S2/c10-9-7(12)3-8(17-9)18(14,15)13-1-2-16-6(4-11)5-13/h3,6H,1-2,4-5H2. The molecule has 2 heterocycles. The van der Waals surface area contributed by atoms with E-state index in [4.69, 9.17) is 27.9 Å². The van der Waals surface area contributed by atoms with Gasteiger partial charge in [-0.25, -0.2) is 8.42 Å². The number of morpholine rings is 1. The summed E-state index contributed by atoms with van der Waals surface area (Å²) in [5.41, 5.74) is 0. The molecule has 102 valence electrons. The van der Waals surface area contributed by atoms with Crippen LogP contribution in [0.3, 0.4) is 0 Å². The van der Waals surface area contributed by atoms with Crippen molar-refractivity contribution in [3.8, 4) is 0 Å². The molecule has 0 radical (unpaired) electrons. The number of halogens is 3. The highest BCUT2D eigenvalue weighted by molar-refractivity contribution is 9.11. The van der Waals surface area contributed by atoms with Gasteiger partial charge in [0.2, 0.25) is 0 Å². The molecule has 2 rings (SSSR count). The van der Waals surface area contributed by atoms with Crippen LogP contribution < -0.4 is 0 Å². The van der Waals surface area contributed by atoms with E-state index in [1.807, 2.05) is 0 Å². The maximum Gasteiger partial charge on any atom is 0.252 e. The van der Waals surface area contributed by atoms with Crippen LogP contribution in [-0.2, 0) is 14.8 Å². The maximum absolute atomic E-state index is 12.4. The number of rotatable bonds is 3. The van der Waals surface area contributed by atoms with E-state index in [2.05, 4.69) is 15.9 Å². The predicted octanol–water partition coefficient (Wildman–Crippen LogP) is 2.79. The minimum absolute atomic E-state index is 0.231. The van der Waals surface area contributed by atoms with Gasteiger partial charge in [0, 0.05) is 19.0 Å². The molecule has 0 amide bonds. The second-order valence-electron chi connectivity index (χ2n) is 3.70. The van der Waals surface area contributed by atoms with E-state index in [9.17, 15) is 8.42 Å². The van der Waals surface area contributed by atoms with Crippen molar-refractivity contribution < 1.29 is 13.2 Å². The van der Waals surface area contributed by atoms with E-state index in [1.54, 1.807) is 0 Å². The Morgan fingerprint density at radius 1 is 1.61 bits per heavy atom. The molecule has 0 spiro atoms. The molecule has 18 heavy (non-hydrogen) atoms. The van der Waals surface area contributed by atoms with Gasteiger partial charge >= 0.3 is 0 Å². The normalized spacial score (nSPS) is 22.3. The van der Waals surface area contributed by atoms with Gasteiger partial charge in [-0.2, -0.15) is 4.31 Å². The Labute approximate surface area is 128 Å². The summed E-state index contributed by atoms with van der Waals surface area (Å²) in [6, 6.07) is 1.46. The molecular formula is C9H10BrCl2NO3S2. The zero-order chi connectivity index (χ0) is 13.3. The fraction of sp³-hybridized carbons (Fsp3) is 0.556. The first-order chi connectivity index (χ1) is 8.45.